The van der Waals surface area contributed by atoms with E-state index in [4.69, 9.17) is 0 Å². The summed E-state index contributed by atoms with van der Waals surface area (Å²) >= 11 is 0. The molecule has 1 aliphatic rings. The van der Waals surface area contributed by atoms with Gasteiger partial charge in [0, 0.05) is 24.0 Å². The normalized spacial score (nSPS) is 29.3. The van der Waals surface area contributed by atoms with Crippen LogP contribution in [0.5, 0.6) is 0 Å². The Balaban J connectivity index is 1.86. The number of aromatic amines is 1. The maximum Gasteiger partial charge on any atom is 0.0446 e. The number of H-pyrrole nitrogens is 1. The first-order valence-electron chi connectivity index (χ1n) is 5.65. The predicted molar refractivity (Wildman–Crippen MR) is 59.1 cm³/mol. The van der Waals surface area contributed by atoms with Gasteiger partial charge in [0.2, 0.25) is 0 Å². The monoisotopic (exact) mass is 192 g/mol. The second kappa shape index (κ2) is 4.18. The highest BCUT2D eigenvalue weighted by molar-refractivity contribution is 5.08. The lowest BCUT2D eigenvalue weighted by atomic mass is 10.1. The van der Waals surface area contributed by atoms with Gasteiger partial charge in [-0.2, -0.15) is 0 Å². The van der Waals surface area contributed by atoms with Gasteiger partial charge in [-0.05, 0) is 44.2 Å². The van der Waals surface area contributed by atoms with E-state index < -0.39 is 0 Å². The molecule has 3 atom stereocenters. The smallest absolute Gasteiger partial charge is 0.0446 e. The molecule has 1 fully saturated rings. The third-order valence-corrected chi connectivity index (χ3v) is 3.27. The summed E-state index contributed by atoms with van der Waals surface area (Å²) in [5.74, 6) is 0.906. The first kappa shape index (κ1) is 9.78. The number of rotatable bonds is 3. The van der Waals surface area contributed by atoms with Crippen LogP contribution in [0.1, 0.15) is 44.8 Å². The molecule has 2 rings (SSSR count). The first-order chi connectivity index (χ1) is 6.75. The van der Waals surface area contributed by atoms with Gasteiger partial charge in [0.25, 0.3) is 0 Å². The quantitative estimate of drug-likeness (QED) is 0.757. The van der Waals surface area contributed by atoms with Gasteiger partial charge in [-0.1, -0.05) is 6.92 Å². The average Bonchev–Trinajstić information content (AvgIpc) is 2.75. The largest absolute Gasteiger partial charge is 0.364 e. The molecule has 1 saturated carbocycles. The van der Waals surface area contributed by atoms with Crippen molar-refractivity contribution in [1.82, 2.24) is 10.3 Å². The Morgan fingerprint density at radius 3 is 2.93 bits per heavy atom. The SMILES string of the molecule is CC1CCC(NC(C)c2ccc[nH]2)C1. The molecule has 0 amide bonds. The maximum absolute atomic E-state index is 3.68. The molecule has 78 valence electrons. The highest BCUT2D eigenvalue weighted by atomic mass is 15.0. The lowest BCUT2D eigenvalue weighted by molar-refractivity contribution is 0.444. The molecule has 2 nitrogen and oxygen atoms in total. The second-order valence-corrected chi connectivity index (χ2v) is 4.63. The molecule has 0 aliphatic heterocycles. The molecule has 14 heavy (non-hydrogen) atoms. The van der Waals surface area contributed by atoms with E-state index in [9.17, 15) is 0 Å². The van der Waals surface area contributed by atoms with Crippen LogP contribution >= 0.6 is 0 Å². The molecule has 1 heterocycles. The molecule has 0 spiro atoms. The third-order valence-electron chi connectivity index (χ3n) is 3.27. The van der Waals surface area contributed by atoms with Crippen LogP contribution in [0.15, 0.2) is 18.3 Å². The fraction of sp³-hybridized carbons (Fsp3) is 0.667. The zero-order valence-electron chi connectivity index (χ0n) is 9.09. The van der Waals surface area contributed by atoms with Crippen molar-refractivity contribution >= 4 is 0 Å². The van der Waals surface area contributed by atoms with Crippen LogP contribution < -0.4 is 5.32 Å². The fourth-order valence-electron chi connectivity index (χ4n) is 2.42. The summed E-state index contributed by atoms with van der Waals surface area (Å²) in [7, 11) is 0. The molecule has 1 aliphatic carbocycles. The predicted octanol–water partition coefficient (Wildman–Crippen LogP) is 2.85. The lowest BCUT2D eigenvalue weighted by Crippen LogP contribution is -2.29. The number of hydrogen-bond donors (Lipinski definition) is 2. The van der Waals surface area contributed by atoms with Gasteiger partial charge in [0.05, 0.1) is 0 Å². The molecule has 0 saturated heterocycles. The van der Waals surface area contributed by atoms with Crippen LogP contribution in [0.25, 0.3) is 0 Å². The van der Waals surface area contributed by atoms with Gasteiger partial charge < -0.3 is 10.3 Å². The van der Waals surface area contributed by atoms with E-state index >= 15 is 0 Å². The van der Waals surface area contributed by atoms with Crippen molar-refractivity contribution < 1.29 is 0 Å². The Morgan fingerprint density at radius 2 is 2.36 bits per heavy atom. The van der Waals surface area contributed by atoms with E-state index in [2.05, 4.69) is 36.3 Å². The van der Waals surface area contributed by atoms with Crippen molar-refractivity contribution in [3.63, 3.8) is 0 Å². The van der Waals surface area contributed by atoms with Crippen molar-refractivity contribution in [2.75, 3.05) is 0 Å². The first-order valence-corrected chi connectivity index (χ1v) is 5.65. The number of hydrogen-bond acceptors (Lipinski definition) is 1. The summed E-state index contributed by atoms with van der Waals surface area (Å²) in [4.78, 5) is 3.26. The minimum atomic E-state index is 0.459. The summed E-state index contributed by atoms with van der Waals surface area (Å²) < 4.78 is 0. The minimum absolute atomic E-state index is 0.459. The highest BCUT2D eigenvalue weighted by Crippen LogP contribution is 2.26. The summed E-state index contributed by atoms with van der Waals surface area (Å²) in [5.41, 5.74) is 1.30. The zero-order valence-corrected chi connectivity index (χ0v) is 9.09. The summed E-state index contributed by atoms with van der Waals surface area (Å²) in [6, 6.07) is 5.39. The van der Waals surface area contributed by atoms with Crippen LogP contribution in [0, 0.1) is 5.92 Å². The molecule has 2 heteroatoms. The summed E-state index contributed by atoms with van der Waals surface area (Å²) in [6.45, 7) is 4.58. The van der Waals surface area contributed by atoms with E-state index in [-0.39, 0.29) is 0 Å². The van der Waals surface area contributed by atoms with Crippen LogP contribution in [0.2, 0.25) is 0 Å². The zero-order chi connectivity index (χ0) is 9.97. The standard InChI is InChI=1S/C12H20N2/c1-9-5-6-11(8-9)14-10(2)12-4-3-7-13-12/h3-4,7,9-11,13-14H,5-6,8H2,1-2H3. The van der Waals surface area contributed by atoms with E-state index in [1.165, 1.54) is 25.0 Å². The minimum Gasteiger partial charge on any atom is -0.364 e. The highest BCUT2D eigenvalue weighted by Gasteiger charge is 2.22. The van der Waals surface area contributed by atoms with Crippen molar-refractivity contribution in [3.05, 3.63) is 24.0 Å². The topological polar surface area (TPSA) is 27.8 Å². The van der Waals surface area contributed by atoms with E-state index in [0.29, 0.717) is 6.04 Å². The average molecular weight is 192 g/mol. The molecule has 1 aromatic rings. The summed E-state index contributed by atoms with van der Waals surface area (Å²) in [6.07, 6.45) is 6.05. The maximum atomic E-state index is 3.68. The van der Waals surface area contributed by atoms with Crippen LogP contribution in [-0.4, -0.2) is 11.0 Å². The molecule has 0 aromatic carbocycles. The second-order valence-electron chi connectivity index (χ2n) is 4.63. The molecule has 2 N–H and O–H groups in total. The molecule has 0 radical (unpaired) electrons. The van der Waals surface area contributed by atoms with Gasteiger partial charge in [-0.3, -0.25) is 0 Å². The molecule has 3 unspecified atom stereocenters. The van der Waals surface area contributed by atoms with Gasteiger partial charge >= 0.3 is 0 Å². The summed E-state index contributed by atoms with van der Waals surface area (Å²) in [5, 5.41) is 3.68. The van der Waals surface area contributed by atoms with Crippen LogP contribution in [0.4, 0.5) is 0 Å². The van der Waals surface area contributed by atoms with Crippen molar-refractivity contribution in [2.45, 2.75) is 45.2 Å². The van der Waals surface area contributed by atoms with Crippen molar-refractivity contribution in [3.8, 4) is 0 Å². The Labute approximate surface area is 86.1 Å². The van der Waals surface area contributed by atoms with Gasteiger partial charge in [-0.15, -0.1) is 0 Å². The van der Waals surface area contributed by atoms with Crippen molar-refractivity contribution in [2.24, 2.45) is 5.92 Å². The Kier molecular flexibility index (Phi) is 2.92. The fourth-order valence-corrected chi connectivity index (χ4v) is 2.42. The molecule has 0 bridgehead atoms. The van der Waals surface area contributed by atoms with E-state index in [1.54, 1.807) is 0 Å². The van der Waals surface area contributed by atoms with Gasteiger partial charge in [0.15, 0.2) is 0 Å². The lowest BCUT2D eigenvalue weighted by Gasteiger charge is -2.18. The Hall–Kier alpha value is -0.760. The van der Waals surface area contributed by atoms with Gasteiger partial charge in [0.1, 0.15) is 0 Å². The van der Waals surface area contributed by atoms with Crippen LogP contribution in [-0.2, 0) is 0 Å². The Bertz CT molecular complexity index is 266. The number of aromatic nitrogens is 1. The van der Waals surface area contributed by atoms with Gasteiger partial charge in [-0.25, -0.2) is 0 Å². The molecular formula is C12H20N2. The van der Waals surface area contributed by atoms with E-state index in [0.717, 1.165) is 12.0 Å². The Morgan fingerprint density at radius 1 is 1.50 bits per heavy atom. The number of nitrogens with one attached hydrogen (secondary N) is 2. The van der Waals surface area contributed by atoms with Crippen LogP contribution in [0.3, 0.4) is 0 Å². The van der Waals surface area contributed by atoms with E-state index in [1.807, 2.05) is 6.20 Å². The molecule has 1 aromatic heterocycles. The van der Waals surface area contributed by atoms with Crippen molar-refractivity contribution in [1.29, 1.82) is 0 Å². The third kappa shape index (κ3) is 2.18. The molecular weight excluding hydrogens is 172 g/mol.